The van der Waals surface area contributed by atoms with Gasteiger partial charge >= 0.3 is 0 Å². The minimum absolute atomic E-state index is 0.0203. The second-order valence-corrected chi connectivity index (χ2v) is 7.80. The van der Waals surface area contributed by atoms with E-state index < -0.39 is 9.84 Å². The van der Waals surface area contributed by atoms with Crippen LogP contribution in [0.4, 0.5) is 0 Å². The van der Waals surface area contributed by atoms with Gasteiger partial charge in [-0.1, -0.05) is 20.8 Å². The van der Waals surface area contributed by atoms with Gasteiger partial charge < -0.3 is 10.1 Å². The Bertz CT molecular complexity index is 319. The molecule has 1 N–H and O–H groups in total. The zero-order chi connectivity index (χ0) is 12.9. The fraction of sp³-hybridized carbons (Fsp3) is 1.00. The van der Waals surface area contributed by atoms with Gasteiger partial charge in [-0.2, -0.15) is 0 Å². The molecule has 102 valence electrons. The van der Waals surface area contributed by atoms with Gasteiger partial charge in [0.1, 0.15) is 9.84 Å². The van der Waals surface area contributed by atoms with Crippen LogP contribution in [-0.4, -0.2) is 45.7 Å². The van der Waals surface area contributed by atoms with Crippen molar-refractivity contribution < 1.29 is 13.2 Å². The lowest BCUT2D eigenvalue weighted by molar-refractivity contribution is 0.146. The molecule has 0 saturated carbocycles. The zero-order valence-corrected chi connectivity index (χ0v) is 12.0. The topological polar surface area (TPSA) is 55.4 Å². The van der Waals surface area contributed by atoms with E-state index in [0.29, 0.717) is 19.1 Å². The first-order valence-electron chi connectivity index (χ1n) is 6.41. The Morgan fingerprint density at radius 3 is 2.59 bits per heavy atom. The fourth-order valence-corrected chi connectivity index (χ4v) is 3.04. The summed E-state index contributed by atoms with van der Waals surface area (Å²) in [4.78, 5) is 0. The first kappa shape index (κ1) is 14.9. The number of hydrogen-bond acceptors (Lipinski definition) is 4. The van der Waals surface area contributed by atoms with Crippen molar-refractivity contribution in [3.63, 3.8) is 0 Å². The Kier molecular flexibility index (Phi) is 5.41. The highest BCUT2D eigenvalue weighted by Gasteiger charge is 2.35. The highest BCUT2D eigenvalue weighted by molar-refractivity contribution is 7.91. The normalized spacial score (nSPS) is 25.6. The summed E-state index contributed by atoms with van der Waals surface area (Å²) in [6.07, 6.45) is 1.68. The number of sulfone groups is 1. The minimum atomic E-state index is -2.87. The second kappa shape index (κ2) is 6.16. The molecule has 1 saturated heterocycles. The lowest BCUT2D eigenvalue weighted by atomic mass is 9.84. The van der Waals surface area contributed by atoms with Crippen molar-refractivity contribution in [1.82, 2.24) is 5.32 Å². The van der Waals surface area contributed by atoms with Crippen molar-refractivity contribution in [3.05, 3.63) is 0 Å². The molecule has 1 aliphatic heterocycles. The van der Waals surface area contributed by atoms with Gasteiger partial charge in [0.2, 0.25) is 0 Å². The Morgan fingerprint density at radius 1 is 1.41 bits per heavy atom. The first-order valence-corrected chi connectivity index (χ1v) is 8.23. The van der Waals surface area contributed by atoms with E-state index >= 15 is 0 Å². The Morgan fingerprint density at radius 2 is 2.12 bits per heavy atom. The number of rotatable bonds is 7. The van der Waals surface area contributed by atoms with Crippen molar-refractivity contribution in [1.29, 1.82) is 0 Å². The van der Waals surface area contributed by atoms with Crippen LogP contribution < -0.4 is 5.32 Å². The smallest absolute Gasteiger partial charge is 0.150 e. The second-order valence-electron chi connectivity index (χ2n) is 5.32. The average molecular weight is 263 g/mol. The van der Waals surface area contributed by atoms with Crippen LogP contribution in [0, 0.1) is 5.41 Å². The van der Waals surface area contributed by atoms with Crippen molar-refractivity contribution in [2.24, 2.45) is 5.41 Å². The zero-order valence-electron chi connectivity index (χ0n) is 11.2. The molecule has 0 amide bonds. The Balaban J connectivity index is 2.53. The predicted octanol–water partition coefficient (Wildman–Crippen LogP) is 1.22. The monoisotopic (exact) mass is 263 g/mol. The molecule has 0 aliphatic carbocycles. The van der Waals surface area contributed by atoms with E-state index in [0.717, 1.165) is 19.6 Å². The summed E-state index contributed by atoms with van der Waals surface area (Å²) in [7, 11) is -2.87. The van der Waals surface area contributed by atoms with Gasteiger partial charge in [0, 0.05) is 30.4 Å². The quantitative estimate of drug-likeness (QED) is 0.750. The molecule has 1 atom stereocenters. The highest BCUT2D eigenvalue weighted by atomic mass is 32.2. The molecule has 0 aromatic heterocycles. The predicted molar refractivity (Wildman–Crippen MR) is 70.0 cm³/mol. The molecule has 1 rings (SSSR count). The van der Waals surface area contributed by atoms with Crippen molar-refractivity contribution >= 4 is 9.84 Å². The molecule has 1 unspecified atom stereocenters. The molecule has 17 heavy (non-hydrogen) atoms. The summed E-state index contributed by atoms with van der Waals surface area (Å²) in [6.45, 7) is 8.21. The van der Waals surface area contributed by atoms with Gasteiger partial charge in [0.25, 0.3) is 0 Å². The third-order valence-electron chi connectivity index (χ3n) is 3.45. The molecule has 0 aromatic carbocycles. The van der Waals surface area contributed by atoms with E-state index in [4.69, 9.17) is 4.74 Å². The SMILES string of the molecule is CCS(=O)(=O)CCC1(CNC(C)C)CCOC1. The van der Waals surface area contributed by atoms with Crippen LogP contribution in [0.15, 0.2) is 0 Å². The molecule has 4 nitrogen and oxygen atoms in total. The van der Waals surface area contributed by atoms with E-state index in [1.807, 2.05) is 0 Å². The summed E-state index contributed by atoms with van der Waals surface area (Å²) >= 11 is 0. The van der Waals surface area contributed by atoms with Crippen LogP contribution in [-0.2, 0) is 14.6 Å². The third-order valence-corrected chi connectivity index (χ3v) is 5.16. The van der Waals surface area contributed by atoms with E-state index in [1.165, 1.54) is 0 Å². The summed E-state index contributed by atoms with van der Waals surface area (Å²) in [5.41, 5.74) is 0.0203. The molecule has 5 heteroatoms. The number of nitrogens with one attached hydrogen (secondary N) is 1. The van der Waals surface area contributed by atoms with Crippen LogP contribution in [0.3, 0.4) is 0 Å². The van der Waals surface area contributed by atoms with Crippen molar-refractivity contribution in [3.8, 4) is 0 Å². The van der Waals surface area contributed by atoms with Gasteiger partial charge in [-0.05, 0) is 12.8 Å². The van der Waals surface area contributed by atoms with Gasteiger partial charge in [-0.3, -0.25) is 0 Å². The first-order chi connectivity index (χ1) is 7.89. The van der Waals surface area contributed by atoms with Crippen LogP contribution in [0.25, 0.3) is 0 Å². The van der Waals surface area contributed by atoms with E-state index in [2.05, 4.69) is 19.2 Å². The van der Waals surface area contributed by atoms with Crippen LogP contribution in [0.5, 0.6) is 0 Å². The maximum atomic E-state index is 11.6. The fourth-order valence-electron chi connectivity index (χ4n) is 2.01. The maximum Gasteiger partial charge on any atom is 0.150 e. The van der Waals surface area contributed by atoms with Crippen LogP contribution in [0.1, 0.15) is 33.6 Å². The number of hydrogen-bond donors (Lipinski definition) is 1. The summed E-state index contributed by atoms with van der Waals surface area (Å²) < 4.78 is 28.6. The molecule has 0 spiro atoms. The van der Waals surface area contributed by atoms with E-state index in [-0.39, 0.29) is 16.9 Å². The molecule has 1 heterocycles. The largest absolute Gasteiger partial charge is 0.381 e. The summed E-state index contributed by atoms with van der Waals surface area (Å²) in [5.74, 6) is 0.522. The van der Waals surface area contributed by atoms with Crippen LogP contribution >= 0.6 is 0 Å². The lowest BCUT2D eigenvalue weighted by Gasteiger charge is -2.28. The summed E-state index contributed by atoms with van der Waals surface area (Å²) in [6, 6.07) is 0.426. The molecule has 0 radical (unpaired) electrons. The molecule has 0 aromatic rings. The maximum absolute atomic E-state index is 11.6. The highest BCUT2D eigenvalue weighted by Crippen LogP contribution is 2.32. The Hall–Kier alpha value is -0.130. The minimum Gasteiger partial charge on any atom is -0.381 e. The molecule has 1 fully saturated rings. The standard InChI is InChI=1S/C12H25NO3S/c1-4-17(14,15)8-6-12(5-7-16-10-12)9-13-11(2)3/h11,13H,4-10H2,1-3H3. The Labute approximate surface area is 105 Å². The third kappa shape index (κ3) is 4.94. The lowest BCUT2D eigenvalue weighted by Crippen LogP contribution is -2.39. The van der Waals surface area contributed by atoms with Gasteiger partial charge in [-0.15, -0.1) is 0 Å². The van der Waals surface area contributed by atoms with Crippen molar-refractivity contribution in [2.45, 2.75) is 39.7 Å². The average Bonchev–Trinajstić information content (AvgIpc) is 2.74. The molecular formula is C12H25NO3S. The van der Waals surface area contributed by atoms with Gasteiger partial charge in [0.05, 0.1) is 12.4 Å². The number of ether oxygens (including phenoxy) is 1. The van der Waals surface area contributed by atoms with E-state index in [1.54, 1.807) is 6.92 Å². The van der Waals surface area contributed by atoms with Gasteiger partial charge in [0.15, 0.2) is 0 Å². The van der Waals surface area contributed by atoms with Crippen LogP contribution in [0.2, 0.25) is 0 Å². The molecular weight excluding hydrogens is 238 g/mol. The van der Waals surface area contributed by atoms with Crippen molar-refractivity contribution in [2.75, 3.05) is 31.3 Å². The molecule has 0 bridgehead atoms. The summed E-state index contributed by atoms with van der Waals surface area (Å²) in [5, 5.41) is 3.41. The molecule has 1 aliphatic rings. The van der Waals surface area contributed by atoms with Gasteiger partial charge in [-0.25, -0.2) is 8.42 Å². The van der Waals surface area contributed by atoms with E-state index in [9.17, 15) is 8.42 Å².